The Balaban J connectivity index is 0.00000121. The number of aromatic nitrogens is 1. The molecule has 0 aliphatic rings. The van der Waals surface area contributed by atoms with Gasteiger partial charge in [-0.25, -0.2) is 0 Å². The van der Waals surface area contributed by atoms with Crippen molar-refractivity contribution in [3.8, 4) is 0 Å². The summed E-state index contributed by atoms with van der Waals surface area (Å²) in [5.41, 5.74) is 10.4. The monoisotopic (exact) mass is 187 g/mol. The van der Waals surface area contributed by atoms with Crippen molar-refractivity contribution in [3.05, 3.63) is 30.6 Å². The third-order valence-corrected chi connectivity index (χ3v) is 1.35. The van der Waals surface area contributed by atoms with Gasteiger partial charge in [-0.1, -0.05) is 6.07 Å². The Kier molecular flexibility index (Phi) is 4.25. The molecular weight excluding hydrogens is 178 g/mol. The van der Waals surface area contributed by atoms with Crippen LogP contribution in [0.2, 0.25) is 0 Å². The molecule has 0 aliphatic heterocycles. The van der Waals surface area contributed by atoms with Crippen molar-refractivity contribution >= 4 is 5.91 Å². The van der Waals surface area contributed by atoms with Gasteiger partial charge < -0.3 is 18.1 Å². The summed E-state index contributed by atoms with van der Waals surface area (Å²) in [4.78, 5) is 10.6. The molecule has 1 rings (SSSR count). The fourth-order valence-electron chi connectivity index (χ4n) is 0.744. The van der Waals surface area contributed by atoms with Crippen molar-refractivity contribution in [1.29, 1.82) is 0 Å². The Labute approximate surface area is 76.6 Å². The number of hydrogen-bond donors (Lipinski definition) is 2. The first-order valence-electron chi connectivity index (χ1n) is 3.22. The van der Waals surface area contributed by atoms with E-state index in [0.717, 1.165) is 0 Å². The molecule has 0 radical (unpaired) electrons. The van der Waals surface area contributed by atoms with Crippen LogP contribution in [0.4, 0.5) is 0 Å². The highest BCUT2D eigenvalue weighted by Crippen LogP contribution is 1.83. The van der Waals surface area contributed by atoms with E-state index >= 15 is 0 Å². The van der Waals surface area contributed by atoms with Crippen LogP contribution in [0.5, 0.6) is 0 Å². The minimum atomic E-state index is -0.767. The molecule has 0 saturated heterocycles. The van der Waals surface area contributed by atoms with E-state index < -0.39 is 12.1 Å². The van der Waals surface area contributed by atoms with Crippen molar-refractivity contribution in [2.45, 2.75) is 6.17 Å². The van der Waals surface area contributed by atoms with Gasteiger partial charge in [0.05, 0.1) is 0 Å². The van der Waals surface area contributed by atoms with Crippen LogP contribution >= 0.6 is 0 Å². The average Bonchev–Trinajstić information content (AvgIpc) is 2.05. The number of carbonyl (C=O) groups is 1. The summed E-state index contributed by atoms with van der Waals surface area (Å²) in [7, 11) is 0. The van der Waals surface area contributed by atoms with E-state index in [1.165, 1.54) is 0 Å². The number of rotatable bonds is 2. The highest BCUT2D eigenvalue weighted by molar-refractivity contribution is 5.75. The number of hydrogen-bond acceptors (Lipinski definition) is 2. The molecule has 1 atom stereocenters. The van der Waals surface area contributed by atoms with E-state index in [4.69, 9.17) is 11.5 Å². The second kappa shape index (κ2) is 4.69. The largest absolute Gasteiger partial charge is 1.00 e. The Morgan fingerprint density at radius 1 is 1.25 bits per heavy atom. The Hall–Kier alpha value is -1.13. The molecular formula is C7H10ClN3O. The predicted molar refractivity (Wildman–Crippen MR) is 39.1 cm³/mol. The Morgan fingerprint density at radius 2 is 1.75 bits per heavy atom. The molecule has 12 heavy (non-hydrogen) atoms. The second-order valence-electron chi connectivity index (χ2n) is 2.17. The van der Waals surface area contributed by atoms with Crippen molar-refractivity contribution < 1.29 is 21.8 Å². The van der Waals surface area contributed by atoms with E-state index in [9.17, 15) is 4.79 Å². The first-order chi connectivity index (χ1) is 5.22. The third-order valence-electron chi connectivity index (χ3n) is 1.35. The summed E-state index contributed by atoms with van der Waals surface area (Å²) >= 11 is 0. The fourth-order valence-corrected chi connectivity index (χ4v) is 0.744. The lowest BCUT2D eigenvalue weighted by Crippen LogP contribution is -3.00. The predicted octanol–water partition coefficient (Wildman–Crippen LogP) is -4.08. The minimum Gasteiger partial charge on any atom is -1.00 e. The second-order valence-corrected chi connectivity index (χ2v) is 2.17. The summed E-state index contributed by atoms with van der Waals surface area (Å²) in [5, 5.41) is 0. The van der Waals surface area contributed by atoms with Gasteiger partial charge in [0.1, 0.15) is 0 Å². The topological polar surface area (TPSA) is 73.0 Å². The zero-order valence-electron chi connectivity index (χ0n) is 6.35. The minimum absolute atomic E-state index is 0. The van der Waals surface area contributed by atoms with E-state index in [0.29, 0.717) is 0 Å². The number of nitrogens with zero attached hydrogens (tertiary/aromatic N) is 1. The van der Waals surface area contributed by atoms with Crippen LogP contribution < -0.4 is 28.4 Å². The zero-order chi connectivity index (χ0) is 8.27. The van der Waals surface area contributed by atoms with Crippen LogP contribution in [0.25, 0.3) is 0 Å². The maximum absolute atomic E-state index is 10.6. The number of pyridine rings is 1. The van der Waals surface area contributed by atoms with Gasteiger partial charge in [-0.3, -0.25) is 10.5 Å². The number of halogens is 1. The van der Waals surface area contributed by atoms with Gasteiger partial charge in [0, 0.05) is 12.1 Å². The third kappa shape index (κ3) is 2.48. The molecule has 0 bridgehead atoms. The molecule has 0 fully saturated rings. The zero-order valence-corrected chi connectivity index (χ0v) is 7.11. The molecule has 0 aliphatic carbocycles. The molecule has 1 aromatic rings. The molecule has 5 heteroatoms. The van der Waals surface area contributed by atoms with Gasteiger partial charge in [-0.15, -0.1) is 0 Å². The van der Waals surface area contributed by atoms with Gasteiger partial charge in [-0.05, 0) is 0 Å². The summed E-state index contributed by atoms with van der Waals surface area (Å²) in [6, 6.07) is 5.40. The molecule has 1 heterocycles. The van der Waals surface area contributed by atoms with Gasteiger partial charge in [0.25, 0.3) is 6.17 Å². The van der Waals surface area contributed by atoms with E-state index in [1.54, 1.807) is 29.1 Å². The molecule has 4 N–H and O–H groups in total. The number of amides is 1. The number of carbonyl (C=O) groups excluding carboxylic acids is 1. The maximum atomic E-state index is 10.6. The lowest BCUT2D eigenvalue weighted by molar-refractivity contribution is -0.708. The highest BCUT2D eigenvalue weighted by Gasteiger charge is 2.17. The molecule has 4 nitrogen and oxygen atoms in total. The van der Waals surface area contributed by atoms with E-state index in [1.807, 2.05) is 6.07 Å². The van der Waals surface area contributed by atoms with Gasteiger partial charge in [0.15, 0.2) is 12.4 Å². The van der Waals surface area contributed by atoms with Gasteiger partial charge in [-0.2, -0.15) is 4.57 Å². The smallest absolute Gasteiger partial charge is 0.302 e. The lowest BCUT2D eigenvalue weighted by Gasteiger charge is -1.99. The highest BCUT2D eigenvalue weighted by atomic mass is 35.5. The van der Waals surface area contributed by atoms with Crippen LogP contribution in [0.3, 0.4) is 0 Å². The number of nitrogens with two attached hydrogens (primary N) is 2. The molecule has 0 saturated carbocycles. The van der Waals surface area contributed by atoms with Crippen LogP contribution in [-0.2, 0) is 4.79 Å². The fraction of sp³-hybridized carbons (Fsp3) is 0.143. The first kappa shape index (κ1) is 10.9. The molecule has 0 aromatic carbocycles. The average molecular weight is 188 g/mol. The Morgan fingerprint density at radius 3 is 2.17 bits per heavy atom. The number of primary amides is 1. The Bertz CT molecular complexity index is 252. The SMILES string of the molecule is NC(=O)C(N)[n+]1ccccc1.[Cl-]. The summed E-state index contributed by atoms with van der Waals surface area (Å²) < 4.78 is 1.54. The van der Waals surface area contributed by atoms with E-state index in [2.05, 4.69) is 0 Å². The summed E-state index contributed by atoms with van der Waals surface area (Å²) in [6.45, 7) is 0. The summed E-state index contributed by atoms with van der Waals surface area (Å²) in [5.74, 6) is -0.541. The lowest BCUT2D eigenvalue weighted by atomic mass is 10.4. The van der Waals surface area contributed by atoms with Crippen LogP contribution in [0, 0.1) is 0 Å². The molecule has 0 spiro atoms. The van der Waals surface area contributed by atoms with Crippen molar-refractivity contribution in [2.75, 3.05) is 0 Å². The van der Waals surface area contributed by atoms with Crippen molar-refractivity contribution in [1.82, 2.24) is 0 Å². The van der Waals surface area contributed by atoms with Crippen LogP contribution in [0.1, 0.15) is 6.17 Å². The molecule has 1 aromatic heterocycles. The van der Waals surface area contributed by atoms with Crippen LogP contribution in [-0.4, -0.2) is 5.91 Å². The molecule has 1 unspecified atom stereocenters. The van der Waals surface area contributed by atoms with Crippen molar-refractivity contribution in [3.63, 3.8) is 0 Å². The standard InChI is InChI=1S/C7H9N3O.ClH/c8-6(7(9)11)10-4-2-1-3-5-10;/h1-6H,8H2,(H-,9,11);1H. The quantitative estimate of drug-likeness (QED) is 0.463. The van der Waals surface area contributed by atoms with Gasteiger partial charge in [0.2, 0.25) is 0 Å². The molecule has 66 valence electrons. The molecule has 1 amide bonds. The summed E-state index contributed by atoms with van der Waals surface area (Å²) in [6.07, 6.45) is 2.61. The maximum Gasteiger partial charge on any atom is 0.302 e. The van der Waals surface area contributed by atoms with Gasteiger partial charge >= 0.3 is 5.91 Å². The van der Waals surface area contributed by atoms with Crippen LogP contribution in [0.15, 0.2) is 30.6 Å². The van der Waals surface area contributed by atoms with E-state index in [-0.39, 0.29) is 12.4 Å². The normalized spacial score (nSPS) is 11.4. The first-order valence-corrected chi connectivity index (χ1v) is 3.22. The van der Waals surface area contributed by atoms with Crippen molar-refractivity contribution in [2.24, 2.45) is 11.5 Å².